The number of carbonyl (C=O) groups excluding carboxylic acids is 1. The summed E-state index contributed by atoms with van der Waals surface area (Å²) in [4.78, 5) is 14.3. The molecule has 0 aliphatic carbocycles. The molecule has 20 heavy (non-hydrogen) atoms. The quantitative estimate of drug-likeness (QED) is 0.921. The Morgan fingerprint density at radius 3 is 3.05 bits per heavy atom. The third kappa shape index (κ3) is 2.72. The van der Waals surface area contributed by atoms with Gasteiger partial charge in [-0.3, -0.25) is 4.79 Å². The van der Waals surface area contributed by atoms with Crippen molar-refractivity contribution in [2.75, 3.05) is 11.1 Å². The minimum Gasteiger partial charge on any atom is -0.321 e. The lowest BCUT2D eigenvalue weighted by Gasteiger charge is -2.08. The zero-order chi connectivity index (χ0) is 13.9. The molecular formula is C15H12N2OS2. The van der Waals surface area contributed by atoms with Crippen LogP contribution in [0.2, 0.25) is 0 Å². The van der Waals surface area contributed by atoms with Crippen LogP contribution < -0.4 is 5.32 Å². The number of nitrogens with zero attached hydrogens (tertiary/aromatic N) is 1. The van der Waals surface area contributed by atoms with Crippen molar-refractivity contribution < 1.29 is 4.79 Å². The summed E-state index contributed by atoms with van der Waals surface area (Å²) in [6.45, 7) is 0. The molecule has 0 spiro atoms. The van der Waals surface area contributed by atoms with Gasteiger partial charge in [0.05, 0.1) is 16.5 Å². The van der Waals surface area contributed by atoms with Crippen molar-refractivity contribution in [2.24, 2.45) is 0 Å². The topological polar surface area (TPSA) is 52.9 Å². The number of hydrogen-bond acceptors (Lipinski definition) is 4. The maximum Gasteiger partial charge on any atom is 0.265 e. The monoisotopic (exact) mass is 300 g/mol. The summed E-state index contributed by atoms with van der Waals surface area (Å²) in [5.74, 6) is 2.05. The van der Waals surface area contributed by atoms with Crippen molar-refractivity contribution in [3.8, 4) is 6.07 Å². The molecule has 1 aliphatic rings. The number of rotatable bonds is 2. The molecule has 100 valence electrons. The number of thioether (sulfide) groups is 1. The minimum absolute atomic E-state index is 0.0931. The molecule has 1 aromatic heterocycles. The van der Waals surface area contributed by atoms with Gasteiger partial charge in [-0.05, 0) is 42.0 Å². The van der Waals surface area contributed by atoms with Crippen molar-refractivity contribution in [2.45, 2.75) is 12.2 Å². The molecular weight excluding hydrogens is 288 g/mol. The number of carbonyl (C=O) groups is 1. The summed E-state index contributed by atoms with van der Waals surface area (Å²) in [7, 11) is 0. The fraction of sp³-hybridized carbons (Fsp3) is 0.200. The molecule has 0 radical (unpaired) electrons. The van der Waals surface area contributed by atoms with E-state index in [-0.39, 0.29) is 5.91 Å². The van der Waals surface area contributed by atoms with E-state index in [1.807, 2.05) is 17.8 Å². The van der Waals surface area contributed by atoms with E-state index in [1.54, 1.807) is 35.6 Å². The summed E-state index contributed by atoms with van der Waals surface area (Å²) in [5.41, 5.74) is 2.50. The fourth-order valence-electron chi connectivity index (χ4n) is 2.12. The molecule has 0 saturated carbocycles. The molecule has 2 heterocycles. The molecule has 5 heteroatoms. The average molecular weight is 300 g/mol. The van der Waals surface area contributed by atoms with E-state index in [0.29, 0.717) is 11.3 Å². The van der Waals surface area contributed by atoms with Crippen LogP contribution in [0.4, 0.5) is 5.69 Å². The molecule has 3 rings (SSSR count). The summed E-state index contributed by atoms with van der Waals surface area (Å²) in [6, 6.07) is 11.0. The van der Waals surface area contributed by atoms with E-state index in [9.17, 15) is 4.79 Å². The standard InChI is InChI=1S/C15H12N2OS2/c16-8-10-2-1-3-12(6-10)17-15(18)14-7-11-9-19-5-4-13(11)20-14/h1-3,6-7H,4-5,9H2,(H,17,18). The van der Waals surface area contributed by atoms with Crippen molar-refractivity contribution in [3.05, 3.63) is 51.2 Å². The Labute approximate surface area is 125 Å². The fourth-order valence-corrected chi connectivity index (χ4v) is 4.39. The first kappa shape index (κ1) is 13.2. The smallest absolute Gasteiger partial charge is 0.265 e. The number of nitrogens with one attached hydrogen (secondary N) is 1. The van der Waals surface area contributed by atoms with Gasteiger partial charge in [0.15, 0.2) is 0 Å². The lowest BCUT2D eigenvalue weighted by molar-refractivity contribution is 0.103. The van der Waals surface area contributed by atoms with Crippen LogP contribution in [0, 0.1) is 11.3 Å². The van der Waals surface area contributed by atoms with Crippen LogP contribution >= 0.6 is 23.1 Å². The number of hydrogen-bond donors (Lipinski definition) is 1. The zero-order valence-electron chi connectivity index (χ0n) is 10.7. The van der Waals surface area contributed by atoms with Crippen LogP contribution in [0.1, 0.15) is 25.7 Å². The van der Waals surface area contributed by atoms with Crippen LogP contribution in [0.25, 0.3) is 0 Å². The lowest BCUT2D eigenvalue weighted by atomic mass is 10.2. The molecule has 0 atom stereocenters. The highest BCUT2D eigenvalue weighted by molar-refractivity contribution is 7.98. The predicted octanol–water partition coefficient (Wildman–Crippen LogP) is 3.66. The zero-order valence-corrected chi connectivity index (χ0v) is 12.3. The van der Waals surface area contributed by atoms with E-state index in [0.717, 1.165) is 22.8 Å². The Hall–Kier alpha value is -1.77. The van der Waals surface area contributed by atoms with Gasteiger partial charge >= 0.3 is 0 Å². The molecule has 0 saturated heterocycles. The second-order valence-corrected chi connectivity index (χ2v) is 6.75. The van der Waals surface area contributed by atoms with Crippen molar-refractivity contribution in [3.63, 3.8) is 0 Å². The van der Waals surface area contributed by atoms with Crippen LogP contribution in [0.5, 0.6) is 0 Å². The van der Waals surface area contributed by atoms with Crippen LogP contribution in [-0.4, -0.2) is 11.7 Å². The minimum atomic E-state index is -0.0931. The first-order valence-corrected chi connectivity index (χ1v) is 8.24. The van der Waals surface area contributed by atoms with Gasteiger partial charge in [0.1, 0.15) is 0 Å². The molecule has 1 amide bonds. The van der Waals surface area contributed by atoms with E-state index in [4.69, 9.17) is 5.26 Å². The molecule has 3 nitrogen and oxygen atoms in total. The highest BCUT2D eigenvalue weighted by Crippen LogP contribution is 2.32. The molecule has 2 aromatic rings. The van der Waals surface area contributed by atoms with E-state index in [2.05, 4.69) is 11.4 Å². The molecule has 0 bridgehead atoms. The normalized spacial score (nSPS) is 13.3. The Bertz CT molecular complexity index is 677. The summed E-state index contributed by atoms with van der Waals surface area (Å²) < 4.78 is 0. The number of thiophene rings is 1. The van der Waals surface area contributed by atoms with Gasteiger partial charge in [-0.1, -0.05) is 6.07 Å². The number of amides is 1. The van der Waals surface area contributed by atoms with Gasteiger partial charge < -0.3 is 5.32 Å². The second-order valence-electron chi connectivity index (χ2n) is 4.51. The van der Waals surface area contributed by atoms with Crippen molar-refractivity contribution >= 4 is 34.7 Å². The molecule has 1 aromatic carbocycles. The number of fused-ring (bicyclic) bond motifs is 1. The van der Waals surface area contributed by atoms with Gasteiger partial charge in [0, 0.05) is 16.3 Å². The maximum absolute atomic E-state index is 12.2. The summed E-state index contributed by atoms with van der Waals surface area (Å²) in [5, 5.41) is 11.7. The Morgan fingerprint density at radius 1 is 1.35 bits per heavy atom. The van der Waals surface area contributed by atoms with Crippen molar-refractivity contribution in [1.29, 1.82) is 5.26 Å². The Morgan fingerprint density at radius 2 is 2.25 bits per heavy atom. The number of benzene rings is 1. The maximum atomic E-state index is 12.2. The highest BCUT2D eigenvalue weighted by atomic mass is 32.2. The molecule has 0 unspecified atom stereocenters. The number of aryl methyl sites for hydroxylation is 1. The SMILES string of the molecule is N#Cc1cccc(NC(=O)c2cc3c(s2)CCSC3)c1. The lowest BCUT2D eigenvalue weighted by Crippen LogP contribution is -2.10. The molecule has 1 N–H and O–H groups in total. The number of nitriles is 1. The van der Waals surface area contributed by atoms with Gasteiger partial charge in [0.25, 0.3) is 5.91 Å². The highest BCUT2D eigenvalue weighted by Gasteiger charge is 2.17. The van der Waals surface area contributed by atoms with Gasteiger partial charge in [0.2, 0.25) is 0 Å². The first-order valence-electron chi connectivity index (χ1n) is 6.27. The summed E-state index contributed by atoms with van der Waals surface area (Å²) in [6.07, 6.45) is 1.06. The van der Waals surface area contributed by atoms with Gasteiger partial charge in [-0.2, -0.15) is 17.0 Å². The second kappa shape index (κ2) is 5.70. The van der Waals surface area contributed by atoms with Gasteiger partial charge in [-0.15, -0.1) is 11.3 Å². The van der Waals surface area contributed by atoms with E-state index >= 15 is 0 Å². The number of anilines is 1. The molecule has 0 fully saturated rings. The molecule has 1 aliphatic heterocycles. The Kier molecular flexibility index (Phi) is 3.77. The van der Waals surface area contributed by atoms with E-state index < -0.39 is 0 Å². The average Bonchev–Trinajstić information content (AvgIpc) is 2.91. The predicted molar refractivity (Wildman–Crippen MR) is 83.3 cm³/mol. The van der Waals surface area contributed by atoms with Crippen molar-refractivity contribution in [1.82, 2.24) is 0 Å². The van der Waals surface area contributed by atoms with Crippen LogP contribution in [-0.2, 0) is 12.2 Å². The van der Waals surface area contributed by atoms with Crippen LogP contribution in [0.3, 0.4) is 0 Å². The third-order valence-electron chi connectivity index (χ3n) is 3.10. The van der Waals surface area contributed by atoms with Crippen LogP contribution in [0.15, 0.2) is 30.3 Å². The van der Waals surface area contributed by atoms with E-state index in [1.165, 1.54) is 10.4 Å². The largest absolute Gasteiger partial charge is 0.321 e. The summed E-state index contributed by atoms with van der Waals surface area (Å²) >= 11 is 3.49. The first-order chi connectivity index (χ1) is 9.76. The third-order valence-corrected chi connectivity index (χ3v) is 5.34. The van der Waals surface area contributed by atoms with Gasteiger partial charge in [-0.25, -0.2) is 0 Å². The Balaban J connectivity index is 1.79.